The van der Waals surface area contributed by atoms with Crippen molar-refractivity contribution in [3.05, 3.63) is 0 Å². The van der Waals surface area contributed by atoms with Crippen LogP contribution < -0.4 is 5.32 Å². The molecule has 0 aliphatic carbocycles. The van der Waals surface area contributed by atoms with Gasteiger partial charge in [-0.25, -0.2) is 8.78 Å². The highest BCUT2D eigenvalue weighted by Gasteiger charge is 2.32. The van der Waals surface area contributed by atoms with E-state index < -0.39 is 5.92 Å². The first-order valence-electron chi connectivity index (χ1n) is 2.29. The van der Waals surface area contributed by atoms with E-state index >= 15 is 0 Å². The predicted octanol–water partition coefficient (Wildman–Crippen LogP) is 1.46. The lowest BCUT2D eigenvalue weighted by atomic mass is 10.3. The van der Waals surface area contributed by atoms with Gasteiger partial charge in [0.1, 0.15) is 0 Å². The zero-order chi connectivity index (χ0) is 5.33. The topological polar surface area (TPSA) is 12.0 Å². The molecule has 1 heterocycles. The quantitative estimate of drug-likeness (QED) is 0.594. The van der Waals surface area contributed by atoms with Crippen LogP contribution in [0, 0.1) is 0 Å². The maximum atomic E-state index is 11.9. The highest BCUT2D eigenvalue weighted by atomic mass is 35.5. The minimum atomic E-state index is -2.42. The summed E-state index contributed by atoms with van der Waals surface area (Å²) in [7, 11) is 0. The van der Waals surface area contributed by atoms with Crippen LogP contribution >= 0.6 is 24.8 Å². The summed E-state index contributed by atoms with van der Waals surface area (Å²) in [5, 5.41) is 2.56. The molecule has 0 bridgehead atoms. The maximum absolute atomic E-state index is 11.9. The van der Waals surface area contributed by atoms with Gasteiger partial charge >= 0.3 is 0 Å². The van der Waals surface area contributed by atoms with Crippen molar-refractivity contribution in [3.8, 4) is 0 Å². The van der Waals surface area contributed by atoms with E-state index in [0.29, 0.717) is 6.54 Å². The molecule has 0 amide bonds. The van der Waals surface area contributed by atoms with Gasteiger partial charge in [-0.1, -0.05) is 0 Å². The number of nitrogens with one attached hydrogen (secondary N) is 1. The van der Waals surface area contributed by atoms with Crippen molar-refractivity contribution in [1.29, 1.82) is 0 Å². The monoisotopic (exact) mass is 179 g/mol. The molecule has 0 unspecified atom stereocenters. The molecule has 0 aromatic carbocycles. The molecule has 0 aromatic heterocycles. The van der Waals surface area contributed by atoms with Crippen LogP contribution in [0.2, 0.25) is 0 Å². The molecule has 1 aliphatic heterocycles. The van der Waals surface area contributed by atoms with Crippen molar-refractivity contribution in [2.45, 2.75) is 12.3 Å². The van der Waals surface area contributed by atoms with Crippen LogP contribution in [-0.2, 0) is 0 Å². The molecule has 1 rings (SSSR count). The van der Waals surface area contributed by atoms with E-state index in [4.69, 9.17) is 0 Å². The summed E-state index contributed by atoms with van der Waals surface area (Å²) in [6.45, 7) is 0.333. The van der Waals surface area contributed by atoms with Crippen LogP contribution in [0.25, 0.3) is 0 Å². The summed E-state index contributed by atoms with van der Waals surface area (Å²) in [6, 6.07) is 0. The van der Waals surface area contributed by atoms with Crippen molar-refractivity contribution in [3.63, 3.8) is 0 Å². The highest BCUT2D eigenvalue weighted by molar-refractivity contribution is 5.85. The third-order valence-electron chi connectivity index (χ3n) is 1.05. The first-order chi connectivity index (χ1) is 3.21. The van der Waals surface area contributed by atoms with E-state index in [1.54, 1.807) is 0 Å². The van der Waals surface area contributed by atoms with Crippen LogP contribution in [0.1, 0.15) is 6.42 Å². The SMILES string of the molecule is Cl.Cl.FC1(F)CCNC1. The van der Waals surface area contributed by atoms with E-state index in [0.717, 1.165) is 0 Å². The number of rotatable bonds is 0. The number of alkyl halides is 2. The standard InChI is InChI=1S/C4H7F2N.2ClH/c5-4(6)1-2-7-3-4;;/h7H,1-3H2;2*1H. The van der Waals surface area contributed by atoms with Crippen molar-refractivity contribution in [2.75, 3.05) is 13.1 Å². The van der Waals surface area contributed by atoms with Crippen molar-refractivity contribution >= 4 is 24.8 Å². The zero-order valence-electron chi connectivity index (χ0n) is 4.69. The van der Waals surface area contributed by atoms with Crippen LogP contribution in [0.4, 0.5) is 8.78 Å². The van der Waals surface area contributed by atoms with Crippen molar-refractivity contribution in [2.24, 2.45) is 0 Å². The van der Waals surface area contributed by atoms with Gasteiger partial charge in [-0.2, -0.15) is 0 Å². The largest absolute Gasteiger partial charge is 0.311 e. The Morgan fingerprint density at radius 2 is 1.78 bits per heavy atom. The fraction of sp³-hybridized carbons (Fsp3) is 1.00. The van der Waals surface area contributed by atoms with E-state index in [9.17, 15) is 8.78 Å². The summed E-state index contributed by atoms with van der Waals surface area (Å²) < 4.78 is 23.8. The molecule has 0 spiro atoms. The summed E-state index contributed by atoms with van der Waals surface area (Å²) in [4.78, 5) is 0. The van der Waals surface area contributed by atoms with Gasteiger partial charge in [0.05, 0.1) is 6.54 Å². The minimum absolute atomic E-state index is 0. The number of halogens is 4. The van der Waals surface area contributed by atoms with E-state index in [1.165, 1.54) is 0 Å². The van der Waals surface area contributed by atoms with E-state index in [2.05, 4.69) is 5.32 Å². The second kappa shape index (κ2) is 4.25. The van der Waals surface area contributed by atoms with Gasteiger partial charge in [0, 0.05) is 13.0 Å². The lowest BCUT2D eigenvalue weighted by Gasteiger charge is -2.02. The lowest BCUT2D eigenvalue weighted by molar-refractivity contribution is 0.0238. The summed E-state index contributed by atoms with van der Waals surface area (Å²) in [5.74, 6) is -2.42. The Hall–Kier alpha value is 0.400. The maximum Gasteiger partial charge on any atom is 0.261 e. The molecule has 1 saturated heterocycles. The predicted molar refractivity (Wildman–Crippen MR) is 36.9 cm³/mol. The molecule has 9 heavy (non-hydrogen) atoms. The van der Waals surface area contributed by atoms with E-state index in [1.807, 2.05) is 0 Å². The average Bonchev–Trinajstić information content (AvgIpc) is 1.84. The Morgan fingerprint density at radius 1 is 1.22 bits per heavy atom. The van der Waals surface area contributed by atoms with Gasteiger partial charge in [-0.05, 0) is 0 Å². The molecule has 0 saturated carbocycles. The Morgan fingerprint density at radius 3 is 1.89 bits per heavy atom. The first-order valence-corrected chi connectivity index (χ1v) is 2.29. The Balaban J connectivity index is 0. The molecule has 1 aliphatic rings. The lowest BCUT2D eigenvalue weighted by Crippen LogP contribution is -2.18. The first kappa shape index (κ1) is 12.1. The Kier molecular flexibility index (Phi) is 5.72. The van der Waals surface area contributed by atoms with Gasteiger partial charge in [0.2, 0.25) is 0 Å². The Labute approximate surface area is 65.0 Å². The minimum Gasteiger partial charge on any atom is -0.311 e. The zero-order valence-corrected chi connectivity index (χ0v) is 6.33. The second-order valence-electron chi connectivity index (χ2n) is 1.78. The number of hydrogen-bond acceptors (Lipinski definition) is 1. The summed E-state index contributed by atoms with van der Waals surface area (Å²) in [5.41, 5.74) is 0. The second-order valence-corrected chi connectivity index (χ2v) is 1.78. The van der Waals surface area contributed by atoms with E-state index in [-0.39, 0.29) is 37.8 Å². The molecular formula is C4H9Cl2F2N. The van der Waals surface area contributed by atoms with Gasteiger partial charge < -0.3 is 5.32 Å². The summed E-state index contributed by atoms with van der Waals surface area (Å²) >= 11 is 0. The molecule has 0 radical (unpaired) electrons. The molecule has 5 heteroatoms. The molecule has 1 fully saturated rings. The van der Waals surface area contributed by atoms with Gasteiger partial charge in [0.25, 0.3) is 5.92 Å². The van der Waals surface area contributed by atoms with Crippen LogP contribution in [0.5, 0.6) is 0 Å². The molecule has 0 aromatic rings. The van der Waals surface area contributed by atoms with Gasteiger partial charge in [-0.15, -0.1) is 24.8 Å². The van der Waals surface area contributed by atoms with Crippen molar-refractivity contribution in [1.82, 2.24) is 5.32 Å². The third-order valence-corrected chi connectivity index (χ3v) is 1.05. The number of hydrogen-bond donors (Lipinski definition) is 1. The van der Waals surface area contributed by atoms with Gasteiger partial charge in [-0.3, -0.25) is 0 Å². The van der Waals surface area contributed by atoms with Gasteiger partial charge in [0.15, 0.2) is 0 Å². The fourth-order valence-electron chi connectivity index (χ4n) is 0.631. The smallest absolute Gasteiger partial charge is 0.261 e. The Bertz CT molecular complexity index is 71.0. The molecule has 58 valence electrons. The van der Waals surface area contributed by atoms with Crippen molar-refractivity contribution < 1.29 is 8.78 Å². The van der Waals surface area contributed by atoms with Crippen LogP contribution in [-0.4, -0.2) is 19.0 Å². The van der Waals surface area contributed by atoms with Crippen LogP contribution in [0.3, 0.4) is 0 Å². The summed E-state index contributed by atoms with van der Waals surface area (Å²) in [6.07, 6.45) is 0.00694. The average molecular weight is 180 g/mol. The van der Waals surface area contributed by atoms with Crippen LogP contribution in [0.15, 0.2) is 0 Å². The molecule has 0 atom stereocenters. The molecule has 1 N–H and O–H groups in total. The molecular weight excluding hydrogens is 171 g/mol. The normalized spacial score (nSPS) is 22.0. The third kappa shape index (κ3) is 3.89. The highest BCUT2D eigenvalue weighted by Crippen LogP contribution is 2.19. The fourth-order valence-corrected chi connectivity index (χ4v) is 0.631. The molecule has 1 nitrogen and oxygen atoms in total.